The van der Waals surface area contributed by atoms with E-state index in [1.54, 1.807) is 0 Å². The van der Waals surface area contributed by atoms with Crippen LogP contribution in [-0.4, -0.2) is 32.8 Å². The van der Waals surface area contributed by atoms with Crippen molar-refractivity contribution in [1.82, 2.24) is 10.0 Å². The molecule has 242 valence electrons. The van der Waals surface area contributed by atoms with E-state index < -0.39 is 0 Å². The first-order valence-corrected chi connectivity index (χ1v) is 18.7. The third-order valence-electron chi connectivity index (χ3n) is 13.5. The van der Waals surface area contributed by atoms with Gasteiger partial charge >= 0.3 is 0 Å². The van der Waals surface area contributed by atoms with Gasteiger partial charge in [-0.25, -0.2) is 0 Å². The van der Waals surface area contributed by atoms with Crippen molar-refractivity contribution >= 4 is 23.0 Å². The molecule has 6 heteroatoms. The number of hydrazone groups is 2. The van der Waals surface area contributed by atoms with Crippen LogP contribution in [0.15, 0.2) is 95.1 Å². The summed E-state index contributed by atoms with van der Waals surface area (Å²) in [5.74, 6) is 7.01. The summed E-state index contributed by atoms with van der Waals surface area (Å²) < 4.78 is 0. The molecule has 0 atom stereocenters. The van der Waals surface area contributed by atoms with Gasteiger partial charge in [0, 0.05) is 22.5 Å². The highest BCUT2D eigenvalue weighted by Gasteiger charge is 2.57. The second-order valence-electron chi connectivity index (χ2n) is 16.9. The van der Waals surface area contributed by atoms with Gasteiger partial charge in [-0.2, -0.15) is 10.2 Å². The molecule has 8 fully saturated rings. The van der Waals surface area contributed by atoms with Gasteiger partial charge in [-0.3, -0.25) is 19.8 Å². The maximum Gasteiger partial charge on any atom is 0.233 e. The van der Waals surface area contributed by atoms with Crippen molar-refractivity contribution in [2.75, 3.05) is 9.80 Å². The molecule has 0 aromatic heterocycles. The van der Waals surface area contributed by atoms with Crippen LogP contribution in [0.4, 0.5) is 11.4 Å². The Bertz CT molecular complexity index is 1580. The van der Waals surface area contributed by atoms with Gasteiger partial charge < -0.3 is 0 Å². The van der Waals surface area contributed by atoms with E-state index in [-0.39, 0.29) is 11.1 Å². The van der Waals surface area contributed by atoms with Gasteiger partial charge in [-0.15, -0.1) is 0 Å². The Hall–Kier alpha value is -3.80. The Morgan fingerprint density at radius 3 is 1.17 bits per heavy atom. The number of nitrogens with zero attached hydrogens (tertiary/aromatic N) is 6. The van der Waals surface area contributed by atoms with Crippen molar-refractivity contribution in [3.05, 3.63) is 109 Å². The first kappa shape index (κ1) is 28.1. The van der Waals surface area contributed by atoms with E-state index in [0.717, 1.165) is 69.7 Å². The van der Waals surface area contributed by atoms with E-state index in [1.807, 2.05) is 0 Å². The lowest BCUT2D eigenvalue weighted by molar-refractivity contribution is -0.0748. The highest BCUT2D eigenvalue weighted by atomic mass is 15.6. The third kappa shape index (κ3) is 4.36. The standard InChI is InChI=1S/C42H44N6/c1-3-8-35(9-4-1)39-43-47(41-21-29-14-30(22-41)16-31(15-29)23-41)27-45(39)37-12-7-13-38(20-37)46-28-48(44-40(46)36-10-5-2-6-11-36)42-24-32-17-33(25-42)19-34(18-32)26-42/h1-13,20,29-34H,14-19,21-26H2. The van der Waals surface area contributed by atoms with Gasteiger partial charge in [0.15, 0.2) is 11.7 Å². The van der Waals surface area contributed by atoms with Crippen molar-refractivity contribution in [3.63, 3.8) is 0 Å². The minimum atomic E-state index is 0.100. The van der Waals surface area contributed by atoms with Gasteiger partial charge in [0.05, 0.1) is 11.1 Å². The molecule has 6 nitrogen and oxygen atoms in total. The number of hydrogen-bond donors (Lipinski definition) is 0. The first-order chi connectivity index (χ1) is 23.6. The Morgan fingerprint density at radius 1 is 0.458 bits per heavy atom. The molecule has 0 spiro atoms. The number of benzene rings is 3. The Balaban J connectivity index is 0.949. The number of hydrogen-bond acceptors (Lipinski definition) is 6. The van der Waals surface area contributed by atoms with Crippen molar-refractivity contribution in [1.29, 1.82) is 0 Å². The summed E-state index contributed by atoms with van der Waals surface area (Å²) in [7, 11) is 0. The molecule has 8 bridgehead atoms. The Morgan fingerprint density at radius 2 is 0.812 bits per heavy atom. The lowest BCUT2D eigenvalue weighted by Gasteiger charge is -2.58. The summed E-state index contributed by atoms with van der Waals surface area (Å²) in [5.41, 5.74) is 4.60. The molecule has 2 heterocycles. The van der Waals surface area contributed by atoms with Crippen LogP contribution in [0.3, 0.4) is 0 Å². The van der Waals surface area contributed by atoms with Crippen molar-refractivity contribution in [3.8, 4) is 0 Å². The van der Waals surface area contributed by atoms with Crippen LogP contribution >= 0.6 is 0 Å². The third-order valence-corrected chi connectivity index (χ3v) is 13.5. The zero-order chi connectivity index (χ0) is 31.5. The van der Waals surface area contributed by atoms with E-state index in [4.69, 9.17) is 10.2 Å². The molecule has 0 unspecified atom stereocenters. The van der Waals surface area contributed by atoms with Gasteiger partial charge in [0.25, 0.3) is 0 Å². The normalized spacial score (nSPS) is 37.5. The molecular weight excluding hydrogens is 589 g/mol. The van der Waals surface area contributed by atoms with Crippen LogP contribution in [0.1, 0.15) is 88.2 Å². The summed E-state index contributed by atoms with van der Waals surface area (Å²) in [4.78, 5) is 4.45. The summed E-state index contributed by atoms with van der Waals surface area (Å²) >= 11 is 0. The molecule has 13 rings (SSSR count). The largest absolute Gasteiger partial charge is 0.291 e. The Kier molecular flexibility index (Phi) is 6.06. The zero-order valence-electron chi connectivity index (χ0n) is 27.7. The lowest BCUT2D eigenvalue weighted by atomic mass is 9.53. The minimum absolute atomic E-state index is 0.100. The molecule has 4 radical (unpaired) electrons. The molecule has 0 saturated heterocycles. The topological polar surface area (TPSA) is 37.7 Å². The summed E-state index contributed by atoms with van der Waals surface area (Å²) in [6, 6.07) is 30.3. The van der Waals surface area contributed by atoms with Crippen molar-refractivity contribution < 1.29 is 0 Å². The van der Waals surface area contributed by atoms with Crippen LogP contribution in [0.5, 0.6) is 0 Å². The molecule has 0 N–H and O–H groups in total. The molecule has 3 aromatic rings. The highest BCUT2D eigenvalue weighted by Crippen LogP contribution is 2.60. The van der Waals surface area contributed by atoms with Crippen LogP contribution in [0.2, 0.25) is 0 Å². The number of anilines is 2. The number of amidine groups is 2. The Labute approximate surface area is 285 Å². The summed E-state index contributed by atoms with van der Waals surface area (Å²) in [5, 5.41) is 15.4. The van der Waals surface area contributed by atoms with E-state index in [9.17, 15) is 0 Å². The first-order valence-electron chi connectivity index (χ1n) is 18.7. The maximum atomic E-state index is 5.42. The van der Waals surface area contributed by atoms with E-state index in [1.165, 1.54) is 77.0 Å². The molecule has 8 saturated carbocycles. The van der Waals surface area contributed by atoms with Gasteiger partial charge in [-0.05, 0) is 131 Å². The fourth-order valence-electron chi connectivity index (χ4n) is 12.4. The molecule has 48 heavy (non-hydrogen) atoms. The predicted molar refractivity (Wildman–Crippen MR) is 189 cm³/mol. The monoisotopic (exact) mass is 632 g/mol. The second-order valence-corrected chi connectivity index (χ2v) is 16.9. The fraction of sp³-hybridized carbons (Fsp3) is 0.476. The molecule has 3 aromatic carbocycles. The molecule has 8 aliphatic carbocycles. The van der Waals surface area contributed by atoms with E-state index >= 15 is 0 Å². The fourth-order valence-corrected chi connectivity index (χ4v) is 12.4. The van der Waals surface area contributed by atoms with Crippen molar-refractivity contribution in [2.45, 2.75) is 88.1 Å². The molecule has 2 aliphatic heterocycles. The molecular formula is C42H44N6. The van der Waals surface area contributed by atoms with Crippen LogP contribution in [0, 0.1) is 48.8 Å². The van der Waals surface area contributed by atoms with Crippen LogP contribution < -0.4 is 9.80 Å². The van der Waals surface area contributed by atoms with Crippen LogP contribution in [-0.2, 0) is 0 Å². The zero-order valence-corrected chi connectivity index (χ0v) is 27.7. The summed E-state index contributed by atoms with van der Waals surface area (Å²) in [6.45, 7) is 7.71. The van der Waals surface area contributed by atoms with Crippen LogP contribution in [0.25, 0.3) is 0 Å². The quantitative estimate of drug-likeness (QED) is 0.273. The lowest BCUT2D eigenvalue weighted by Crippen LogP contribution is -2.57. The smallest absolute Gasteiger partial charge is 0.233 e. The average Bonchev–Trinajstić information content (AvgIpc) is 3.76. The molecule has 10 aliphatic rings. The SMILES string of the molecule is [C]1N(c2cccc(N3[C]N(C45CC6CC(CC(C6)C4)C5)N=C3c3ccccc3)c2)C(c2ccccc2)=NN1C12CC3CC(CC(C3)C1)C2. The van der Waals surface area contributed by atoms with E-state index in [0.29, 0.717) is 0 Å². The number of rotatable bonds is 6. The maximum absolute atomic E-state index is 5.42. The van der Waals surface area contributed by atoms with Gasteiger partial charge in [-0.1, -0.05) is 66.7 Å². The van der Waals surface area contributed by atoms with Gasteiger partial charge in [0.2, 0.25) is 13.3 Å². The second kappa shape index (κ2) is 10.4. The summed E-state index contributed by atoms with van der Waals surface area (Å²) in [6.07, 6.45) is 16.0. The van der Waals surface area contributed by atoms with Crippen molar-refractivity contribution in [2.24, 2.45) is 45.7 Å². The highest BCUT2D eigenvalue weighted by molar-refractivity contribution is 6.13. The average molecular weight is 633 g/mol. The van der Waals surface area contributed by atoms with Gasteiger partial charge in [0.1, 0.15) is 0 Å². The predicted octanol–water partition coefficient (Wildman–Crippen LogP) is 8.58. The van der Waals surface area contributed by atoms with E-state index in [2.05, 4.69) is 118 Å². The minimum Gasteiger partial charge on any atom is -0.291 e. The molecule has 0 amide bonds.